The van der Waals surface area contributed by atoms with Gasteiger partial charge >= 0.3 is 0 Å². The van der Waals surface area contributed by atoms with Crippen LogP contribution in [0.1, 0.15) is 30.3 Å². The monoisotopic (exact) mass is 453 g/mol. The largest absolute Gasteiger partial charge is 0.381 e. The SMILES string of the molecule is Cc1nc(N2CCN(C)CC2)c2nc(-c3ccccc3C#N)n(C3CCOCC3)c2n1.Cl. The minimum absolute atomic E-state index is 0. The topological polar surface area (TPSA) is 83.1 Å². The number of fused-ring (bicyclic) bond motifs is 1. The summed E-state index contributed by atoms with van der Waals surface area (Å²) < 4.78 is 7.86. The molecule has 0 N–H and O–H groups in total. The van der Waals surface area contributed by atoms with Gasteiger partial charge in [0.25, 0.3) is 0 Å². The normalized spacial score (nSPS) is 17.8. The Hall–Kier alpha value is -2.73. The first kappa shape index (κ1) is 22.5. The number of imidazole rings is 1. The van der Waals surface area contributed by atoms with E-state index in [0.717, 1.165) is 86.4 Å². The minimum Gasteiger partial charge on any atom is -0.381 e. The Kier molecular flexibility index (Phi) is 6.60. The second-order valence-corrected chi connectivity index (χ2v) is 8.36. The van der Waals surface area contributed by atoms with E-state index in [0.29, 0.717) is 5.56 Å². The van der Waals surface area contributed by atoms with E-state index in [4.69, 9.17) is 19.7 Å². The Morgan fingerprint density at radius 3 is 2.47 bits per heavy atom. The van der Waals surface area contributed by atoms with Crippen molar-refractivity contribution in [2.75, 3.05) is 51.3 Å². The number of halogens is 1. The van der Waals surface area contributed by atoms with Crippen LogP contribution < -0.4 is 4.90 Å². The summed E-state index contributed by atoms with van der Waals surface area (Å²) in [5.41, 5.74) is 3.15. The molecule has 2 saturated heterocycles. The van der Waals surface area contributed by atoms with Crippen molar-refractivity contribution in [2.24, 2.45) is 0 Å². The number of piperazine rings is 1. The van der Waals surface area contributed by atoms with E-state index in [1.165, 1.54) is 0 Å². The van der Waals surface area contributed by atoms with E-state index in [2.05, 4.69) is 27.5 Å². The second kappa shape index (κ2) is 9.41. The molecule has 2 aliphatic rings. The summed E-state index contributed by atoms with van der Waals surface area (Å²) in [6, 6.07) is 10.2. The van der Waals surface area contributed by atoms with Crippen molar-refractivity contribution in [1.29, 1.82) is 5.26 Å². The molecule has 0 bridgehead atoms. The molecule has 0 radical (unpaired) electrons. The highest BCUT2D eigenvalue weighted by Gasteiger charge is 2.28. The van der Waals surface area contributed by atoms with Crippen LogP contribution >= 0.6 is 12.4 Å². The van der Waals surface area contributed by atoms with Gasteiger partial charge in [0.2, 0.25) is 0 Å². The third-order valence-corrected chi connectivity index (χ3v) is 6.28. The summed E-state index contributed by atoms with van der Waals surface area (Å²) in [5.74, 6) is 2.45. The van der Waals surface area contributed by atoms with Crippen molar-refractivity contribution >= 4 is 29.4 Å². The van der Waals surface area contributed by atoms with Crippen LogP contribution in [0.2, 0.25) is 0 Å². The molecule has 8 nitrogen and oxygen atoms in total. The summed E-state index contributed by atoms with van der Waals surface area (Å²) in [4.78, 5) is 19.4. The minimum atomic E-state index is 0. The predicted octanol–water partition coefficient (Wildman–Crippen LogP) is 3.20. The highest BCUT2D eigenvalue weighted by Crippen LogP contribution is 2.36. The number of hydrogen-bond donors (Lipinski definition) is 0. The smallest absolute Gasteiger partial charge is 0.166 e. The molecular formula is C23H28ClN7O. The van der Waals surface area contributed by atoms with Gasteiger partial charge in [-0.15, -0.1) is 12.4 Å². The Balaban J connectivity index is 0.00000245. The Morgan fingerprint density at radius 2 is 1.75 bits per heavy atom. The van der Waals surface area contributed by atoms with Crippen molar-refractivity contribution in [2.45, 2.75) is 25.8 Å². The van der Waals surface area contributed by atoms with Gasteiger partial charge in [0.1, 0.15) is 11.6 Å². The molecule has 0 unspecified atom stereocenters. The molecule has 32 heavy (non-hydrogen) atoms. The first-order valence-corrected chi connectivity index (χ1v) is 10.9. The first-order valence-electron chi connectivity index (χ1n) is 10.9. The molecule has 0 atom stereocenters. The summed E-state index contributed by atoms with van der Waals surface area (Å²) in [7, 11) is 2.15. The average molecular weight is 454 g/mol. The van der Waals surface area contributed by atoms with Crippen LogP contribution in [-0.4, -0.2) is 70.9 Å². The van der Waals surface area contributed by atoms with Gasteiger partial charge in [-0.05, 0) is 38.9 Å². The van der Waals surface area contributed by atoms with Gasteiger partial charge in [0.05, 0.1) is 11.6 Å². The lowest BCUT2D eigenvalue weighted by Gasteiger charge is -2.33. The van der Waals surface area contributed by atoms with Crippen LogP contribution in [0.3, 0.4) is 0 Å². The molecule has 5 rings (SSSR count). The van der Waals surface area contributed by atoms with Gasteiger partial charge in [0, 0.05) is 51.0 Å². The van der Waals surface area contributed by atoms with E-state index in [9.17, 15) is 5.26 Å². The van der Waals surface area contributed by atoms with Gasteiger partial charge in [0.15, 0.2) is 17.0 Å². The Labute approximate surface area is 194 Å². The van der Waals surface area contributed by atoms with Crippen LogP contribution in [0.5, 0.6) is 0 Å². The molecule has 1 aromatic carbocycles. The molecule has 2 aromatic heterocycles. The van der Waals surface area contributed by atoms with E-state index >= 15 is 0 Å². The van der Waals surface area contributed by atoms with Crippen molar-refractivity contribution < 1.29 is 4.74 Å². The molecule has 2 aliphatic heterocycles. The number of aromatic nitrogens is 4. The lowest BCUT2D eigenvalue weighted by Crippen LogP contribution is -2.45. The number of ether oxygens (including phenoxy) is 1. The summed E-state index contributed by atoms with van der Waals surface area (Å²) in [6.07, 6.45) is 1.81. The number of rotatable bonds is 3. The molecule has 2 fully saturated rings. The Morgan fingerprint density at radius 1 is 1.03 bits per heavy atom. The number of anilines is 1. The zero-order valence-corrected chi connectivity index (χ0v) is 19.3. The zero-order chi connectivity index (χ0) is 21.4. The second-order valence-electron chi connectivity index (χ2n) is 8.36. The maximum Gasteiger partial charge on any atom is 0.166 e. The van der Waals surface area contributed by atoms with Crippen LogP contribution in [0.4, 0.5) is 5.82 Å². The van der Waals surface area contributed by atoms with Gasteiger partial charge < -0.3 is 19.1 Å². The summed E-state index contributed by atoms with van der Waals surface area (Å²) >= 11 is 0. The molecule has 0 amide bonds. The molecule has 0 aliphatic carbocycles. The van der Waals surface area contributed by atoms with Crippen molar-refractivity contribution in [3.8, 4) is 17.5 Å². The predicted molar refractivity (Wildman–Crippen MR) is 126 cm³/mol. The number of hydrogen-bond acceptors (Lipinski definition) is 7. The maximum absolute atomic E-state index is 9.74. The molecular weight excluding hydrogens is 426 g/mol. The third-order valence-electron chi connectivity index (χ3n) is 6.28. The van der Waals surface area contributed by atoms with Crippen LogP contribution in [0.25, 0.3) is 22.6 Å². The fourth-order valence-corrected chi connectivity index (χ4v) is 4.56. The Bertz CT molecular complexity index is 1140. The number of nitrogens with zero attached hydrogens (tertiary/aromatic N) is 7. The van der Waals surface area contributed by atoms with E-state index in [-0.39, 0.29) is 18.4 Å². The molecule has 3 aromatic rings. The number of benzene rings is 1. The van der Waals surface area contributed by atoms with Crippen LogP contribution in [0.15, 0.2) is 24.3 Å². The van der Waals surface area contributed by atoms with Crippen LogP contribution in [0, 0.1) is 18.3 Å². The van der Waals surface area contributed by atoms with E-state index in [1.807, 2.05) is 31.2 Å². The van der Waals surface area contributed by atoms with Gasteiger partial charge in [-0.2, -0.15) is 5.26 Å². The fraction of sp³-hybridized carbons (Fsp3) is 0.478. The third kappa shape index (κ3) is 4.04. The first-order chi connectivity index (χ1) is 15.2. The van der Waals surface area contributed by atoms with Crippen LogP contribution in [-0.2, 0) is 4.74 Å². The van der Waals surface area contributed by atoms with Crippen molar-refractivity contribution in [1.82, 2.24) is 24.4 Å². The highest BCUT2D eigenvalue weighted by atomic mass is 35.5. The van der Waals surface area contributed by atoms with Gasteiger partial charge in [-0.25, -0.2) is 15.0 Å². The molecule has 168 valence electrons. The quantitative estimate of drug-likeness (QED) is 0.602. The lowest BCUT2D eigenvalue weighted by molar-refractivity contribution is 0.0708. The molecule has 0 spiro atoms. The summed E-state index contributed by atoms with van der Waals surface area (Å²) in [5, 5.41) is 9.74. The molecule has 9 heteroatoms. The van der Waals surface area contributed by atoms with E-state index in [1.54, 1.807) is 0 Å². The molecule has 0 saturated carbocycles. The number of likely N-dealkylation sites (N-methyl/N-ethyl adjacent to an activating group) is 1. The summed E-state index contributed by atoms with van der Waals surface area (Å²) in [6.45, 7) is 7.21. The lowest BCUT2D eigenvalue weighted by atomic mass is 10.1. The standard InChI is InChI=1S/C23H27N7O.ClH/c1-16-25-22(29-11-9-28(2)10-12-29)20-23(26-16)30(18-7-13-31-14-8-18)21(27-20)19-6-4-3-5-17(19)15-24;/h3-6,18H,7-14H2,1-2H3;1H. The average Bonchev–Trinajstić information content (AvgIpc) is 3.18. The van der Waals surface area contributed by atoms with Crippen molar-refractivity contribution in [3.05, 3.63) is 35.7 Å². The maximum atomic E-state index is 9.74. The molecule has 4 heterocycles. The van der Waals surface area contributed by atoms with Gasteiger partial charge in [-0.3, -0.25) is 0 Å². The zero-order valence-electron chi connectivity index (χ0n) is 18.5. The fourth-order valence-electron chi connectivity index (χ4n) is 4.56. The number of aryl methyl sites for hydroxylation is 1. The van der Waals surface area contributed by atoms with Gasteiger partial charge in [-0.1, -0.05) is 12.1 Å². The number of nitriles is 1. The van der Waals surface area contributed by atoms with Crippen molar-refractivity contribution in [3.63, 3.8) is 0 Å². The van der Waals surface area contributed by atoms with E-state index < -0.39 is 0 Å². The highest BCUT2D eigenvalue weighted by molar-refractivity contribution is 5.88.